The van der Waals surface area contributed by atoms with Crippen LogP contribution in [0.3, 0.4) is 0 Å². The molecule has 1 N–H and O–H groups in total. The van der Waals surface area contributed by atoms with Crippen molar-refractivity contribution in [2.45, 2.75) is 6.54 Å². The molecule has 24 heavy (non-hydrogen) atoms. The van der Waals surface area contributed by atoms with Gasteiger partial charge in [0, 0.05) is 23.0 Å². The molecule has 0 radical (unpaired) electrons. The fraction of sp³-hybridized carbons (Fsp3) is 0.0556. The van der Waals surface area contributed by atoms with Gasteiger partial charge in [-0.15, -0.1) is 0 Å². The molecule has 0 saturated carbocycles. The van der Waals surface area contributed by atoms with Gasteiger partial charge in [0.05, 0.1) is 12.8 Å². The quantitative estimate of drug-likeness (QED) is 0.573. The van der Waals surface area contributed by atoms with Crippen LogP contribution in [0.25, 0.3) is 0 Å². The van der Waals surface area contributed by atoms with E-state index in [0.717, 1.165) is 11.1 Å². The van der Waals surface area contributed by atoms with Crippen LogP contribution in [0.5, 0.6) is 0 Å². The monoisotopic (exact) mass is 338 g/mol. The van der Waals surface area contributed by atoms with Crippen LogP contribution < -0.4 is 5.43 Å². The van der Waals surface area contributed by atoms with Crippen LogP contribution in [-0.2, 0) is 6.54 Å². The van der Waals surface area contributed by atoms with Crippen molar-refractivity contribution < 1.29 is 4.79 Å². The summed E-state index contributed by atoms with van der Waals surface area (Å²) in [6, 6.07) is 16.5. The third kappa shape index (κ3) is 4.30. The first-order valence-corrected chi connectivity index (χ1v) is 7.74. The highest BCUT2D eigenvalue weighted by Gasteiger charge is 2.05. The van der Waals surface area contributed by atoms with Crippen molar-refractivity contribution in [3.8, 4) is 0 Å². The summed E-state index contributed by atoms with van der Waals surface area (Å²) in [5.74, 6) is -0.268. The van der Waals surface area contributed by atoms with Crippen molar-refractivity contribution in [1.82, 2.24) is 15.2 Å². The number of rotatable bonds is 5. The molecule has 0 aliphatic rings. The van der Waals surface area contributed by atoms with E-state index in [0.29, 0.717) is 17.1 Å². The summed E-state index contributed by atoms with van der Waals surface area (Å²) in [6.45, 7) is 0.611. The number of hydrogen-bond acceptors (Lipinski definition) is 3. The summed E-state index contributed by atoms with van der Waals surface area (Å²) in [6.07, 6.45) is 5.15. The molecule has 120 valence electrons. The zero-order valence-corrected chi connectivity index (χ0v) is 13.5. The first kappa shape index (κ1) is 16.0. The van der Waals surface area contributed by atoms with Gasteiger partial charge in [-0.25, -0.2) is 5.43 Å². The number of amides is 1. The van der Waals surface area contributed by atoms with Crippen molar-refractivity contribution in [3.05, 3.63) is 88.7 Å². The summed E-state index contributed by atoms with van der Waals surface area (Å²) >= 11 is 5.90. The second-order valence-electron chi connectivity index (χ2n) is 5.16. The van der Waals surface area contributed by atoms with E-state index in [1.807, 2.05) is 42.6 Å². The highest BCUT2D eigenvalue weighted by atomic mass is 35.5. The van der Waals surface area contributed by atoms with E-state index >= 15 is 0 Å². The van der Waals surface area contributed by atoms with Gasteiger partial charge in [0.2, 0.25) is 0 Å². The minimum absolute atomic E-state index is 0.268. The molecule has 0 bridgehead atoms. The number of nitrogens with zero attached hydrogens (tertiary/aromatic N) is 3. The average Bonchev–Trinajstić information content (AvgIpc) is 3.08. The zero-order chi connectivity index (χ0) is 16.8. The Morgan fingerprint density at radius 3 is 2.88 bits per heavy atom. The fourth-order valence-corrected chi connectivity index (χ4v) is 2.41. The number of aromatic nitrogens is 2. The number of halogens is 1. The summed E-state index contributed by atoms with van der Waals surface area (Å²) in [5.41, 5.74) is 4.87. The highest BCUT2D eigenvalue weighted by molar-refractivity contribution is 6.30. The standard InChI is InChI=1S/C18H15ClN4O/c19-17-7-2-4-14(11-17)12-20-22-18(24)16-6-1-5-15(10-16)13-23-9-3-8-21-23/h1-12H,13H2,(H,22,24). The minimum atomic E-state index is -0.268. The maximum atomic E-state index is 12.2. The number of nitrogens with one attached hydrogen (secondary N) is 1. The van der Waals surface area contributed by atoms with Gasteiger partial charge in [0.1, 0.15) is 0 Å². The van der Waals surface area contributed by atoms with Crippen LogP contribution in [0.2, 0.25) is 5.02 Å². The van der Waals surface area contributed by atoms with Gasteiger partial charge in [-0.3, -0.25) is 9.48 Å². The van der Waals surface area contributed by atoms with E-state index in [4.69, 9.17) is 11.6 Å². The first-order valence-electron chi connectivity index (χ1n) is 7.36. The molecular formula is C18H15ClN4O. The van der Waals surface area contributed by atoms with E-state index in [2.05, 4.69) is 15.6 Å². The van der Waals surface area contributed by atoms with Gasteiger partial charge in [-0.1, -0.05) is 35.9 Å². The van der Waals surface area contributed by atoms with Gasteiger partial charge in [0.15, 0.2) is 0 Å². The first-order chi connectivity index (χ1) is 11.7. The zero-order valence-electron chi connectivity index (χ0n) is 12.8. The number of hydrogen-bond donors (Lipinski definition) is 1. The average molecular weight is 339 g/mol. The summed E-state index contributed by atoms with van der Waals surface area (Å²) in [5, 5.41) is 8.74. The van der Waals surface area contributed by atoms with Crippen molar-refractivity contribution in [3.63, 3.8) is 0 Å². The van der Waals surface area contributed by atoms with Crippen LogP contribution in [0.15, 0.2) is 72.1 Å². The maximum Gasteiger partial charge on any atom is 0.271 e. The molecule has 0 atom stereocenters. The Hall–Kier alpha value is -2.92. The Labute approximate surface area is 144 Å². The second-order valence-corrected chi connectivity index (χ2v) is 5.59. The number of carbonyl (C=O) groups is 1. The van der Waals surface area contributed by atoms with E-state index in [1.165, 1.54) is 0 Å². The largest absolute Gasteiger partial charge is 0.271 e. The molecule has 6 heteroatoms. The third-order valence-corrected chi connectivity index (χ3v) is 3.56. The Balaban J connectivity index is 1.64. The number of carbonyl (C=O) groups excluding carboxylic acids is 1. The molecule has 0 aliphatic carbocycles. The molecule has 0 saturated heterocycles. The molecule has 5 nitrogen and oxygen atoms in total. The second kappa shape index (κ2) is 7.57. The lowest BCUT2D eigenvalue weighted by Crippen LogP contribution is -2.18. The summed E-state index contributed by atoms with van der Waals surface area (Å²) < 4.78 is 1.80. The summed E-state index contributed by atoms with van der Waals surface area (Å²) in [4.78, 5) is 12.2. The van der Waals surface area contributed by atoms with Crippen LogP contribution in [0.4, 0.5) is 0 Å². The molecule has 3 rings (SSSR count). The van der Waals surface area contributed by atoms with Gasteiger partial charge < -0.3 is 0 Å². The lowest BCUT2D eigenvalue weighted by Gasteiger charge is -2.05. The lowest BCUT2D eigenvalue weighted by molar-refractivity contribution is 0.0955. The molecule has 1 heterocycles. The van der Waals surface area contributed by atoms with Crippen LogP contribution in [0, 0.1) is 0 Å². The molecule has 0 spiro atoms. The normalized spacial score (nSPS) is 10.9. The van der Waals surface area contributed by atoms with E-state index in [1.54, 1.807) is 35.3 Å². The smallest absolute Gasteiger partial charge is 0.268 e. The topological polar surface area (TPSA) is 59.3 Å². The van der Waals surface area contributed by atoms with Crippen molar-refractivity contribution >= 4 is 23.7 Å². The van der Waals surface area contributed by atoms with E-state index in [-0.39, 0.29) is 5.91 Å². The molecular weight excluding hydrogens is 324 g/mol. The van der Waals surface area contributed by atoms with Crippen molar-refractivity contribution in [2.75, 3.05) is 0 Å². The van der Waals surface area contributed by atoms with Gasteiger partial charge in [-0.05, 0) is 41.5 Å². The number of hydrazone groups is 1. The van der Waals surface area contributed by atoms with Crippen molar-refractivity contribution in [1.29, 1.82) is 0 Å². The van der Waals surface area contributed by atoms with Gasteiger partial charge in [0.25, 0.3) is 5.91 Å². The molecule has 1 amide bonds. The molecule has 1 aromatic heterocycles. The molecule has 3 aromatic rings. The Morgan fingerprint density at radius 1 is 1.21 bits per heavy atom. The maximum absolute atomic E-state index is 12.2. The van der Waals surface area contributed by atoms with Crippen LogP contribution >= 0.6 is 11.6 Å². The fourth-order valence-electron chi connectivity index (χ4n) is 2.21. The highest BCUT2D eigenvalue weighted by Crippen LogP contribution is 2.09. The minimum Gasteiger partial charge on any atom is -0.268 e. The molecule has 2 aromatic carbocycles. The van der Waals surface area contributed by atoms with Crippen molar-refractivity contribution in [2.24, 2.45) is 5.10 Å². The van der Waals surface area contributed by atoms with Crippen LogP contribution in [-0.4, -0.2) is 21.9 Å². The van der Waals surface area contributed by atoms with E-state index in [9.17, 15) is 4.79 Å². The Morgan fingerprint density at radius 2 is 2.08 bits per heavy atom. The van der Waals surface area contributed by atoms with E-state index < -0.39 is 0 Å². The Bertz CT molecular complexity index is 859. The third-order valence-electron chi connectivity index (χ3n) is 3.32. The predicted molar refractivity (Wildman–Crippen MR) is 94.3 cm³/mol. The Kier molecular flexibility index (Phi) is 5.03. The van der Waals surface area contributed by atoms with Gasteiger partial charge >= 0.3 is 0 Å². The summed E-state index contributed by atoms with van der Waals surface area (Å²) in [7, 11) is 0. The molecule has 0 aliphatic heterocycles. The SMILES string of the molecule is O=C(NN=Cc1cccc(Cl)c1)c1cccc(Cn2cccn2)c1. The molecule has 0 fully saturated rings. The van der Waals surface area contributed by atoms with Gasteiger partial charge in [-0.2, -0.15) is 10.2 Å². The predicted octanol–water partition coefficient (Wildman–Crippen LogP) is 3.35. The number of benzene rings is 2. The lowest BCUT2D eigenvalue weighted by atomic mass is 10.1. The molecule has 0 unspecified atom stereocenters. The van der Waals surface area contributed by atoms with Crippen LogP contribution in [0.1, 0.15) is 21.5 Å².